The Balaban J connectivity index is 1.98. The van der Waals surface area contributed by atoms with Crippen LogP contribution in [0.4, 0.5) is 0 Å². The normalized spacial score (nSPS) is 11.3. The Kier molecular flexibility index (Phi) is 7.28. The van der Waals surface area contributed by atoms with Crippen LogP contribution in [-0.2, 0) is 23.2 Å². The van der Waals surface area contributed by atoms with Crippen LogP contribution in [0.2, 0.25) is 0 Å². The van der Waals surface area contributed by atoms with Crippen molar-refractivity contribution in [2.75, 3.05) is 12.9 Å². The van der Waals surface area contributed by atoms with E-state index in [0.29, 0.717) is 24.5 Å². The minimum Gasteiger partial charge on any atom is -0.493 e. The van der Waals surface area contributed by atoms with Crippen molar-refractivity contribution in [1.82, 2.24) is 4.72 Å². The number of unbranched alkanes of at least 4 members (excludes halogenated alkanes) is 1. The lowest BCUT2D eigenvalue weighted by molar-refractivity contribution is 0.284. The molecule has 0 aliphatic heterocycles. The van der Waals surface area contributed by atoms with Crippen molar-refractivity contribution in [3.05, 3.63) is 59.7 Å². The molecule has 0 unspecified atom stereocenters. The highest BCUT2D eigenvalue weighted by molar-refractivity contribution is 7.89. The highest BCUT2D eigenvalue weighted by atomic mass is 32.2. The molecule has 0 atom stereocenters. The maximum absolute atomic E-state index is 11.9. The first-order valence-electron chi connectivity index (χ1n) is 8.35. The van der Waals surface area contributed by atoms with Gasteiger partial charge in [-0.3, -0.25) is 0 Å². The van der Waals surface area contributed by atoms with Crippen LogP contribution in [0.25, 0.3) is 0 Å². The highest BCUT2D eigenvalue weighted by Gasteiger charge is 2.11. The number of nitrogens with one attached hydrogen (secondary N) is 1. The van der Waals surface area contributed by atoms with Crippen LogP contribution in [0.1, 0.15) is 30.9 Å². The molecule has 0 aromatic heterocycles. The van der Waals surface area contributed by atoms with Crippen molar-refractivity contribution in [2.24, 2.45) is 0 Å². The fraction of sp³-hybridized carbons (Fsp3) is 0.368. The third-order valence-electron chi connectivity index (χ3n) is 3.73. The van der Waals surface area contributed by atoms with Crippen molar-refractivity contribution in [1.29, 1.82) is 0 Å². The zero-order chi connectivity index (χ0) is 18.1. The SMILES string of the molecule is CCCCS(=O)(=O)NCc1ccc(OCc2ccccc2)c(OC)c1. The van der Waals surface area contributed by atoms with Gasteiger partial charge in [0.25, 0.3) is 0 Å². The monoisotopic (exact) mass is 363 g/mol. The van der Waals surface area contributed by atoms with Crippen molar-refractivity contribution in [3.8, 4) is 11.5 Å². The van der Waals surface area contributed by atoms with Gasteiger partial charge in [0.15, 0.2) is 11.5 Å². The summed E-state index contributed by atoms with van der Waals surface area (Å²) in [6, 6.07) is 15.3. The topological polar surface area (TPSA) is 64.6 Å². The molecule has 2 rings (SSSR count). The first kappa shape index (κ1) is 19.3. The Morgan fingerprint density at radius 1 is 1.00 bits per heavy atom. The van der Waals surface area contributed by atoms with E-state index in [1.807, 2.05) is 43.3 Å². The van der Waals surface area contributed by atoms with Gasteiger partial charge < -0.3 is 9.47 Å². The Hall–Kier alpha value is -2.05. The summed E-state index contributed by atoms with van der Waals surface area (Å²) in [7, 11) is -1.67. The van der Waals surface area contributed by atoms with E-state index in [2.05, 4.69) is 4.72 Å². The average Bonchev–Trinajstić information content (AvgIpc) is 2.64. The van der Waals surface area contributed by atoms with Crippen molar-refractivity contribution < 1.29 is 17.9 Å². The minimum atomic E-state index is -3.24. The number of hydrogen-bond donors (Lipinski definition) is 1. The number of rotatable bonds is 10. The lowest BCUT2D eigenvalue weighted by Crippen LogP contribution is -2.25. The molecular weight excluding hydrogens is 338 g/mol. The van der Waals surface area contributed by atoms with Crippen molar-refractivity contribution in [3.63, 3.8) is 0 Å². The molecule has 2 aromatic carbocycles. The van der Waals surface area contributed by atoms with Crippen LogP contribution in [0.15, 0.2) is 48.5 Å². The van der Waals surface area contributed by atoms with Crippen LogP contribution in [0.5, 0.6) is 11.5 Å². The number of hydrogen-bond acceptors (Lipinski definition) is 4. The largest absolute Gasteiger partial charge is 0.493 e. The molecule has 0 fully saturated rings. The van der Waals surface area contributed by atoms with E-state index >= 15 is 0 Å². The quantitative estimate of drug-likeness (QED) is 0.702. The minimum absolute atomic E-state index is 0.152. The zero-order valence-corrected chi connectivity index (χ0v) is 15.5. The molecule has 5 nitrogen and oxygen atoms in total. The van der Waals surface area contributed by atoms with Gasteiger partial charge in [0.05, 0.1) is 12.9 Å². The molecule has 25 heavy (non-hydrogen) atoms. The predicted molar refractivity (Wildman–Crippen MR) is 99.3 cm³/mol. The van der Waals surface area contributed by atoms with E-state index in [4.69, 9.17) is 9.47 Å². The van der Waals surface area contributed by atoms with Crippen LogP contribution in [0.3, 0.4) is 0 Å². The molecule has 1 N–H and O–H groups in total. The first-order chi connectivity index (χ1) is 12.0. The van der Waals surface area contributed by atoms with Gasteiger partial charge in [0, 0.05) is 6.54 Å². The molecule has 0 amide bonds. The fourth-order valence-electron chi connectivity index (χ4n) is 2.28. The lowest BCUT2D eigenvalue weighted by atomic mass is 10.2. The summed E-state index contributed by atoms with van der Waals surface area (Å²) in [6.45, 7) is 2.65. The van der Waals surface area contributed by atoms with Crippen LogP contribution in [-0.4, -0.2) is 21.3 Å². The molecular formula is C19H25NO4S. The van der Waals surface area contributed by atoms with Crippen LogP contribution < -0.4 is 14.2 Å². The molecule has 0 aliphatic rings. The molecule has 0 radical (unpaired) electrons. The molecule has 136 valence electrons. The predicted octanol–water partition coefficient (Wildman–Crippen LogP) is 3.49. The molecule has 0 bridgehead atoms. The van der Waals surface area contributed by atoms with Gasteiger partial charge in [-0.1, -0.05) is 49.7 Å². The van der Waals surface area contributed by atoms with Gasteiger partial charge in [-0.25, -0.2) is 13.1 Å². The third-order valence-corrected chi connectivity index (χ3v) is 5.14. The number of sulfonamides is 1. The van der Waals surface area contributed by atoms with Gasteiger partial charge in [0.1, 0.15) is 6.61 Å². The van der Waals surface area contributed by atoms with E-state index in [0.717, 1.165) is 17.5 Å². The molecule has 0 aliphatic carbocycles. The Labute approximate surface area is 150 Å². The van der Waals surface area contributed by atoms with E-state index in [1.165, 1.54) is 0 Å². The number of ether oxygens (including phenoxy) is 2. The van der Waals surface area contributed by atoms with Crippen molar-refractivity contribution in [2.45, 2.75) is 32.9 Å². The molecule has 0 saturated heterocycles. The van der Waals surface area contributed by atoms with Crippen LogP contribution in [0, 0.1) is 0 Å². The Morgan fingerprint density at radius 2 is 1.76 bits per heavy atom. The maximum Gasteiger partial charge on any atom is 0.211 e. The van der Waals surface area contributed by atoms with E-state index in [1.54, 1.807) is 19.2 Å². The summed E-state index contributed by atoms with van der Waals surface area (Å²) in [6.07, 6.45) is 1.51. The van der Waals surface area contributed by atoms with E-state index < -0.39 is 10.0 Å². The average molecular weight is 363 g/mol. The summed E-state index contributed by atoms with van der Waals surface area (Å²) in [5.74, 6) is 1.36. The summed E-state index contributed by atoms with van der Waals surface area (Å²) in [4.78, 5) is 0. The maximum atomic E-state index is 11.9. The van der Waals surface area contributed by atoms with E-state index in [9.17, 15) is 8.42 Å². The van der Waals surface area contributed by atoms with Crippen molar-refractivity contribution >= 4 is 10.0 Å². The van der Waals surface area contributed by atoms with Crippen LogP contribution >= 0.6 is 0 Å². The summed E-state index contributed by atoms with van der Waals surface area (Å²) in [5.41, 5.74) is 1.89. The summed E-state index contributed by atoms with van der Waals surface area (Å²) >= 11 is 0. The number of benzene rings is 2. The van der Waals surface area contributed by atoms with Gasteiger partial charge in [-0.2, -0.15) is 0 Å². The Morgan fingerprint density at radius 3 is 2.44 bits per heavy atom. The standard InChI is InChI=1S/C19H25NO4S/c1-3-4-12-25(21,22)20-14-17-10-11-18(19(13-17)23-2)24-15-16-8-6-5-7-9-16/h5-11,13,20H,3-4,12,14-15H2,1-2H3. The van der Waals surface area contributed by atoms with Gasteiger partial charge in [-0.15, -0.1) is 0 Å². The van der Waals surface area contributed by atoms with Gasteiger partial charge in [0.2, 0.25) is 10.0 Å². The lowest BCUT2D eigenvalue weighted by Gasteiger charge is -2.13. The third kappa shape index (κ3) is 6.40. The number of methoxy groups -OCH3 is 1. The second-order valence-corrected chi connectivity index (χ2v) is 7.68. The highest BCUT2D eigenvalue weighted by Crippen LogP contribution is 2.28. The molecule has 0 heterocycles. The summed E-state index contributed by atoms with van der Waals surface area (Å²) in [5, 5.41) is 0. The summed E-state index contributed by atoms with van der Waals surface area (Å²) < 4.78 is 37.5. The fourth-order valence-corrected chi connectivity index (χ4v) is 3.48. The first-order valence-corrected chi connectivity index (χ1v) is 10.0. The molecule has 0 spiro atoms. The molecule has 6 heteroatoms. The zero-order valence-electron chi connectivity index (χ0n) is 14.7. The Bertz CT molecular complexity index is 760. The smallest absolute Gasteiger partial charge is 0.211 e. The second kappa shape index (κ2) is 9.44. The van der Waals surface area contributed by atoms with E-state index in [-0.39, 0.29) is 12.3 Å². The second-order valence-electron chi connectivity index (χ2n) is 5.75. The molecule has 0 saturated carbocycles. The van der Waals surface area contributed by atoms with Gasteiger partial charge >= 0.3 is 0 Å². The molecule has 2 aromatic rings. The van der Waals surface area contributed by atoms with Gasteiger partial charge in [-0.05, 0) is 29.7 Å².